The van der Waals surface area contributed by atoms with E-state index >= 15 is 0 Å². The number of hydrogen-bond donors (Lipinski definition) is 1. The van der Waals surface area contributed by atoms with E-state index < -0.39 is 10.0 Å². The van der Waals surface area contributed by atoms with Crippen molar-refractivity contribution >= 4 is 26.0 Å². The van der Waals surface area contributed by atoms with Gasteiger partial charge in [-0.1, -0.05) is 12.5 Å². The van der Waals surface area contributed by atoms with Gasteiger partial charge in [-0.05, 0) is 60.3 Å². The van der Waals surface area contributed by atoms with Crippen LogP contribution in [0.2, 0.25) is 0 Å². The molecule has 0 aliphatic carbocycles. The van der Waals surface area contributed by atoms with E-state index in [2.05, 4.69) is 15.9 Å². The van der Waals surface area contributed by atoms with E-state index in [-0.39, 0.29) is 12.1 Å². The van der Waals surface area contributed by atoms with Gasteiger partial charge in [0, 0.05) is 23.1 Å². The topological polar surface area (TPSA) is 63.4 Å². The summed E-state index contributed by atoms with van der Waals surface area (Å²) in [5, 5.41) is 0. The van der Waals surface area contributed by atoms with Crippen molar-refractivity contribution in [2.75, 3.05) is 6.54 Å². The molecule has 1 aliphatic rings. The molecule has 6 heteroatoms. The molecule has 0 spiro atoms. The fraction of sp³-hybridized carbons (Fsp3) is 0.571. The van der Waals surface area contributed by atoms with Crippen molar-refractivity contribution in [1.82, 2.24) is 4.31 Å². The molecule has 20 heavy (non-hydrogen) atoms. The van der Waals surface area contributed by atoms with Gasteiger partial charge >= 0.3 is 0 Å². The lowest BCUT2D eigenvalue weighted by atomic mass is 10.00. The molecule has 1 aliphatic heterocycles. The molecule has 2 unspecified atom stereocenters. The summed E-state index contributed by atoms with van der Waals surface area (Å²) >= 11 is 3.37. The zero-order chi connectivity index (χ0) is 14.9. The zero-order valence-electron chi connectivity index (χ0n) is 11.8. The molecule has 0 saturated carbocycles. The Morgan fingerprint density at radius 2 is 2.10 bits per heavy atom. The van der Waals surface area contributed by atoms with Gasteiger partial charge in [-0.25, -0.2) is 8.42 Å². The van der Waals surface area contributed by atoms with Gasteiger partial charge in [0.05, 0.1) is 4.90 Å². The molecule has 1 aromatic rings. The van der Waals surface area contributed by atoms with E-state index in [1.54, 1.807) is 10.4 Å². The van der Waals surface area contributed by atoms with Crippen molar-refractivity contribution in [2.24, 2.45) is 5.73 Å². The van der Waals surface area contributed by atoms with Crippen LogP contribution in [0.4, 0.5) is 0 Å². The third kappa shape index (κ3) is 2.93. The molecule has 4 nitrogen and oxygen atoms in total. The number of hydrogen-bond acceptors (Lipinski definition) is 3. The van der Waals surface area contributed by atoms with Gasteiger partial charge in [-0.15, -0.1) is 0 Å². The normalized spacial score (nSPS) is 24.8. The highest BCUT2D eigenvalue weighted by molar-refractivity contribution is 9.10. The number of benzene rings is 1. The number of nitrogens with two attached hydrogens (primary N) is 1. The smallest absolute Gasteiger partial charge is 0.244 e. The van der Waals surface area contributed by atoms with Gasteiger partial charge in [-0.2, -0.15) is 4.31 Å². The Kier molecular flexibility index (Phi) is 4.89. The molecule has 1 heterocycles. The standard InChI is InChI=1S/C14H21BrN2O2S/c1-10-6-7-14(13(15)8-10)20(18,19)17-11(2)4-3-5-12(17)9-16/h6-8,11-12H,3-5,9,16H2,1-2H3. The van der Waals surface area contributed by atoms with Gasteiger partial charge in [0.1, 0.15) is 0 Å². The first kappa shape index (κ1) is 15.9. The number of rotatable bonds is 3. The van der Waals surface area contributed by atoms with E-state index in [0.717, 1.165) is 24.8 Å². The van der Waals surface area contributed by atoms with Crippen LogP contribution < -0.4 is 5.73 Å². The summed E-state index contributed by atoms with van der Waals surface area (Å²) in [6.07, 6.45) is 2.76. The van der Waals surface area contributed by atoms with Crippen LogP contribution in [0.15, 0.2) is 27.6 Å². The fourth-order valence-electron chi connectivity index (χ4n) is 2.85. The average Bonchev–Trinajstić information content (AvgIpc) is 2.37. The Labute approximate surface area is 129 Å². The minimum atomic E-state index is -3.51. The number of nitrogens with zero attached hydrogens (tertiary/aromatic N) is 1. The maximum atomic E-state index is 12.9. The van der Waals surface area contributed by atoms with Gasteiger partial charge in [0.15, 0.2) is 0 Å². The maximum Gasteiger partial charge on any atom is 0.244 e. The quantitative estimate of drug-likeness (QED) is 0.900. The van der Waals surface area contributed by atoms with E-state index in [1.807, 2.05) is 26.0 Å². The van der Waals surface area contributed by atoms with Crippen LogP contribution >= 0.6 is 15.9 Å². The highest BCUT2D eigenvalue weighted by Gasteiger charge is 2.37. The van der Waals surface area contributed by atoms with Crippen molar-refractivity contribution in [2.45, 2.75) is 50.1 Å². The van der Waals surface area contributed by atoms with Crippen LogP contribution in [0.3, 0.4) is 0 Å². The Hall–Kier alpha value is -0.430. The number of sulfonamides is 1. The second kappa shape index (κ2) is 6.13. The first-order valence-electron chi connectivity index (χ1n) is 6.87. The molecule has 1 fully saturated rings. The van der Waals surface area contributed by atoms with Crippen LogP contribution in [0.5, 0.6) is 0 Å². The van der Waals surface area contributed by atoms with Crippen LogP contribution in [0.25, 0.3) is 0 Å². The lowest BCUT2D eigenvalue weighted by Gasteiger charge is -2.39. The van der Waals surface area contributed by atoms with Crippen LogP contribution in [-0.4, -0.2) is 31.4 Å². The SMILES string of the molecule is Cc1ccc(S(=O)(=O)N2C(C)CCCC2CN)c(Br)c1. The van der Waals surface area contributed by atoms with Crippen molar-refractivity contribution in [3.05, 3.63) is 28.2 Å². The second-order valence-corrected chi connectivity index (χ2v) is 8.10. The van der Waals surface area contributed by atoms with E-state index in [4.69, 9.17) is 5.73 Å². The zero-order valence-corrected chi connectivity index (χ0v) is 14.2. The van der Waals surface area contributed by atoms with Crippen molar-refractivity contribution in [3.8, 4) is 0 Å². The third-order valence-electron chi connectivity index (χ3n) is 3.87. The summed E-state index contributed by atoms with van der Waals surface area (Å²) in [6.45, 7) is 4.27. The van der Waals surface area contributed by atoms with Crippen molar-refractivity contribution < 1.29 is 8.42 Å². The maximum absolute atomic E-state index is 12.9. The molecule has 0 radical (unpaired) electrons. The minimum Gasteiger partial charge on any atom is -0.329 e. The molecular formula is C14H21BrN2O2S. The molecule has 0 amide bonds. The van der Waals surface area contributed by atoms with Crippen molar-refractivity contribution in [3.63, 3.8) is 0 Å². The highest BCUT2D eigenvalue weighted by atomic mass is 79.9. The van der Waals surface area contributed by atoms with Crippen LogP contribution in [0, 0.1) is 6.92 Å². The van der Waals surface area contributed by atoms with E-state index in [9.17, 15) is 8.42 Å². The predicted octanol–water partition coefficient (Wildman–Crippen LogP) is 2.65. The van der Waals surface area contributed by atoms with E-state index in [0.29, 0.717) is 15.9 Å². The van der Waals surface area contributed by atoms with Crippen LogP contribution in [0.1, 0.15) is 31.7 Å². The molecule has 2 rings (SSSR count). The Morgan fingerprint density at radius 1 is 1.40 bits per heavy atom. The number of piperidine rings is 1. The first-order valence-corrected chi connectivity index (χ1v) is 9.11. The lowest BCUT2D eigenvalue weighted by molar-refractivity contribution is 0.196. The minimum absolute atomic E-state index is 0.00416. The molecule has 2 N–H and O–H groups in total. The van der Waals surface area contributed by atoms with Gasteiger partial charge in [-0.3, -0.25) is 0 Å². The summed E-state index contributed by atoms with van der Waals surface area (Å²) in [7, 11) is -3.51. The molecule has 112 valence electrons. The molecular weight excluding hydrogens is 340 g/mol. The molecule has 1 saturated heterocycles. The predicted molar refractivity (Wildman–Crippen MR) is 84.1 cm³/mol. The monoisotopic (exact) mass is 360 g/mol. The number of halogens is 1. The molecule has 2 atom stereocenters. The van der Waals surface area contributed by atoms with Gasteiger partial charge in [0.25, 0.3) is 0 Å². The van der Waals surface area contributed by atoms with Crippen molar-refractivity contribution in [1.29, 1.82) is 0 Å². The van der Waals surface area contributed by atoms with Crippen LogP contribution in [-0.2, 0) is 10.0 Å². The highest BCUT2D eigenvalue weighted by Crippen LogP contribution is 2.32. The molecule has 0 bridgehead atoms. The lowest BCUT2D eigenvalue weighted by Crippen LogP contribution is -2.51. The summed E-state index contributed by atoms with van der Waals surface area (Å²) in [5.74, 6) is 0. The Morgan fingerprint density at radius 3 is 2.70 bits per heavy atom. The Balaban J connectivity index is 2.47. The average molecular weight is 361 g/mol. The third-order valence-corrected chi connectivity index (χ3v) is 6.91. The number of aryl methyl sites for hydroxylation is 1. The largest absolute Gasteiger partial charge is 0.329 e. The van der Waals surface area contributed by atoms with Gasteiger partial charge in [0.2, 0.25) is 10.0 Å². The summed E-state index contributed by atoms with van der Waals surface area (Å²) in [5.41, 5.74) is 6.80. The Bertz CT molecular complexity index is 589. The van der Waals surface area contributed by atoms with Gasteiger partial charge < -0.3 is 5.73 Å². The fourth-order valence-corrected chi connectivity index (χ4v) is 5.89. The second-order valence-electron chi connectivity index (χ2n) is 5.44. The summed E-state index contributed by atoms with van der Waals surface area (Å²) < 4.78 is 28.1. The summed E-state index contributed by atoms with van der Waals surface area (Å²) in [4.78, 5) is 0.329. The van der Waals surface area contributed by atoms with E-state index in [1.165, 1.54) is 0 Å². The first-order chi connectivity index (χ1) is 9.37. The molecule has 1 aromatic carbocycles. The molecule has 0 aromatic heterocycles. The summed E-state index contributed by atoms with van der Waals surface area (Å²) in [6, 6.07) is 5.22.